The van der Waals surface area contributed by atoms with E-state index in [1.807, 2.05) is 41.9 Å². The molecule has 2 aliphatic rings. The molecule has 0 spiro atoms. The second-order valence-corrected chi connectivity index (χ2v) is 7.06. The summed E-state index contributed by atoms with van der Waals surface area (Å²) in [6.07, 6.45) is 2.67. The molecule has 3 heterocycles. The lowest BCUT2D eigenvalue weighted by Crippen LogP contribution is -2.49. The van der Waals surface area contributed by atoms with Gasteiger partial charge < -0.3 is 14.5 Å². The van der Waals surface area contributed by atoms with Crippen molar-refractivity contribution in [2.45, 2.75) is 31.7 Å². The number of hydrogen-bond acceptors (Lipinski definition) is 5. The van der Waals surface area contributed by atoms with Crippen LogP contribution in [0.3, 0.4) is 0 Å². The van der Waals surface area contributed by atoms with E-state index in [9.17, 15) is 4.79 Å². The van der Waals surface area contributed by atoms with E-state index in [1.165, 1.54) is 0 Å². The zero-order valence-electron chi connectivity index (χ0n) is 14.6. The van der Waals surface area contributed by atoms with Crippen LogP contribution in [0.2, 0.25) is 0 Å². The summed E-state index contributed by atoms with van der Waals surface area (Å²) in [6, 6.07) is 7.95. The summed E-state index contributed by atoms with van der Waals surface area (Å²) in [5.74, 6) is 0.0753. The van der Waals surface area contributed by atoms with E-state index in [2.05, 4.69) is 21.3 Å². The fourth-order valence-electron chi connectivity index (χ4n) is 3.71. The molecule has 7 nitrogen and oxygen atoms in total. The van der Waals surface area contributed by atoms with E-state index in [0.29, 0.717) is 19.7 Å². The standard InChI is InChI=1S/C18H23N5O2/c1-21(2)10-13-4-3-5-14(8-13)18(24)22-7-6-17-16(11-22)23-15(12-25-17)9-19-20-23/h3-5,8-9,16-17H,6-7,10-12H2,1-2H3/t16-,17+/m0/s1. The molecule has 1 amide bonds. The highest BCUT2D eigenvalue weighted by atomic mass is 16.5. The zero-order chi connectivity index (χ0) is 17.4. The molecule has 7 heteroatoms. The summed E-state index contributed by atoms with van der Waals surface area (Å²) in [6.45, 7) is 2.69. The van der Waals surface area contributed by atoms with Gasteiger partial charge in [0, 0.05) is 25.2 Å². The van der Waals surface area contributed by atoms with Gasteiger partial charge in [-0.3, -0.25) is 4.79 Å². The van der Waals surface area contributed by atoms with Crippen molar-refractivity contribution < 1.29 is 9.53 Å². The number of aromatic nitrogens is 3. The van der Waals surface area contributed by atoms with Gasteiger partial charge in [0.25, 0.3) is 5.91 Å². The maximum atomic E-state index is 13.0. The predicted molar refractivity (Wildman–Crippen MR) is 92.0 cm³/mol. The highest BCUT2D eigenvalue weighted by Gasteiger charge is 2.38. The number of ether oxygens (including phenoxy) is 1. The predicted octanol–water partition coefficient (Wildman–Crippen LogP) is 1.33. The third-order valence-electron chi connectivity index (χ3n) is 4.89. The normalized spacial score (nSPS) is 22.6. The fraction of sp³-hybridized carbons (Fsp3) is 0.500. The number of fused-ring (bicyclic) bond motifs is 3. The number of nitrogens with zero attached hydrogens (tertiary/aromatic N) is 5. The molecule has 1 aromatic carbocycles. The molecule has 2 atom stereocenters. The number of carbonyl (C=O) groups excluding carboxylic acids is 1. The van der Waals surface area contributed by atoms with Gasteiger partial charge in [0.15, 0.2) is 0 Å². The van der Waals surface area contributed by atoms with Gasteiger partial charge in [-0.05, 0) is 38.2 Å². The average Bonchev–Trinajstić information content (AvgIpc) is 3.09. The van der Waals surface area contributed by atoms with Gasteiger partial charge in [0.2, 0.25) is 0 Å². The van der Waals surface area contributed by atoms with Crippen LogP contribution in [0.4, 0.5) is 0 Å². The van der Waals surface area contributed by atoms with Crippen molar-refractivity contribution >= 4 is 5.91 Å². The lowest BCUT2D eigenvalue weighted by atomic mass is 9.99. The number of hydrogen-bond donors (Lipinski definition) is 0. The molecule has 4 rings (SSSR count). The summed E-state index contributed by atoms with van der Waals surface area (Å²) in [5, 5.41) is 8.18. The first-order valence-electron chi connectivity index (χ1n) is 8.65. The van der Waals surface area contributed by atoms with Crippen molar-refractivity contribution in [2.75, 3.05) is 27.2 Å². The fourth-order valence-corrected chi connectivity index (χ4v) is 3.71. The van der Waals surface area contributed by atoms with Gasteiger partial charge in [-0.1, -0.05) is 17.3 Å². The number of likely N-dealkylation sites (tertiary alicyclic amines) is 1. The number of benzene rings is 1. The molecular weight excluding hydrogens is 318 g/mol. The Bertz CT molecular complexity index is 772. The molecule has 2 aliphatic heterocycles. The Hall–Kier alpha value is -2.25. The monoisotopic (exact) mass is 341 g/mol. The molecule has 1 aromatic heterocycles. The van der Waals surface area contributed by atoms with Crippen LogP contribution in [0.1, 0.15) is 34.1 Å². The van der Waals surface area contributed by atoms with Crippen LogP contribution in [0.5, 0.6) is 0 Å². The maximum Gasteiger partial charge on any atom is 0.253 e. The van der Waals surface area contributed by atoms with Gasteiger partial charge in [0.1, 0.15) is 0 Å². The second kappa shape index (κ2) is 6.57. The molecule has 0 unspecified atom stereocenters. The van der Waals surface area contributed by atoms with Gasteiger partial charge in [-0.25, -0.2) is 4.68 Å². The maximum absolute atomic E-state index is 13.0. The zero-order valence-corrected chi connectivity index (χ0v) is 14.6. The minimum atomic E-state index is 0.0499. The Kier molecular flexibility index (Phi) is 4.27. The molecule has 2 aromatic rings. The van der Waals surface area contributed by atoms with E-state index in [-0.39, 0.29) is 18.1 Å². The number of piperidine rings is 1. The van der Waals surface area contributed by atoms with Crippen LogP contribution in [0.25, 0.3) is 0 Å². The smallest absolute Gasteiger partial charge is 0.253 e. The first-order chi connectivity index (χ1) is 12.1. The molecule has 132 valence electrons. The van der Waals surface area contributed by atoms with Crippen LogP contribution >= 0.6 is 0 Å². The van der Waals surface area contributed by atoms with Crippen molar-refractivity contribution in [1.29, 1.82) is 0 Å². The first-order valence-corrected chi connectivity index (χ1v) is 8.65. The molecule has 0 radical (unpaired) electrons. The molecule has 1 fully saturated rings. The highest BCUT2D eigenvalue weighted by Crippen LogP contribution is 2.30. The molecule has 0 bridgehead atoms. The Morgan fingerprint density at radius 1 is 1.40 bits per heavy atom. The summed E-state index contributed by atoms with van der Waals surface area (Å²) in [4.78, 5) is 17.0. The Morgan fingerprint density at radius 3 is 3.12 bits per heavy atom. The summed E-state index contributed by atoms with van der Waals surface area (Å²) >= 11 is 0. The summed E-state index contributed by atoms with van der Waals surface area (Å²) < 4.78 is 7.85. The number of rotatable bonds is 3. The van der Waals surface area contributed by atoms with E-state index in [1.54, 1.807) is 6.20 Å². The van der Waals surface area contributed by atoms with E-state index in [0.717, 1.165) is 29.8 Å². The van der Waals surface area contributed by atoms with Crippen molar-refractivity contribution in [3.05, 3.63) is 47.3 Å². The molecule has 0 aliphatic carbocycles. The van der Waals surface area contributed by atoms with Crippen molar-refractivity contribution in [3.63, 3.8) is 0 Å². The van der Waals surface area contributed by atoms with Gasteiger partial charge in [0.05, 0.1) is 30.6 Å². The van der Waals surface area contributed by atoms with Crippen molar-refractivity contribution in [1.82, 2.24) is 24.8 Å². The Balaban J connectivity index is 1.52. The van der Waals surface area contributed by atoms with Gasteiger partial charge in [-0.2, -0.15) is 0 Å². The molecule has 25 heavy (non-hydrogen) atoms. The third kappa shape index (κ3) is 3.17. The minimum absolute atomic E-state index is 0.0499. The van der Waals surface area contributed by atoms with Crippen LogP contribution in [0.15, 0.2) is 30.5 Å². The topological polar surface area (TPSA) is 63.5 Å². The Morgan fingerprint density at radius 2 is 2.28 bits per heavy atom. The van der Waals surface area contributed by atoms with Crippen LogP contribution in [0, 0.1) is 0 Å². The number of amides is 1. The van der Waals surface area contributed by atoms with E-state index >= 15 is 0 Å². The van der Waals surface area contributed by atoms with E-state index in [4.69, 9.17) is 4.74 Å². The average molecular weight is 341 g/mol. The lowest BCUT2D eigenvalue weighted by Gasteiger charge is -2.41. The first kappa shape index (κ1) is 16.2. The molecule has 0 N–H and O–H groups in total. The van der Waals surface area contributed by atoms with Gasteiger partial charge in [-0.15, -0.1) is 5.10 Å². The minimum Gasteiger partial charge on any atom is -0.370 e. The summed E-state index contributed by atoms with van der Waals surface area (Å²) in [7, 11) is 4.05. The highest BCUT2D eigenvalue weighted by molar-refractivity contribution is 5.94. The molecular formula is C18H23N5O2. The van der Waals surface area contributed by atoms with Gasteiger partial charge >= 0.3 is 0 Å². The largest absolute Gasteiger partial charge is 0.370 e. The van der Waals surface area contributed by atoms with Crippen molar-refractivity contribution in [2.24, 2.45) is 0 Å². The Labute approximate surface area is 147 Å². The SMILES string of the molecule is CN(C)Cc1cccc(C(=O)N2CC[C@H]3OCc4cnnn4[C@H]3C2)c1. The third-order valence-corrected chi connectivity index (χ3v) is 4.89. The molecule has 1 saturated heterocycles. The quantitative estimate of drug-likeness (QED) is 0.843. The van der Waals surface area contributed by atoms with Crippen LogP contribution < -0.4 is 0 Å². The number of carbonyl (C=O) groups is 1. The van der Waals surface area contributed by atoms with Crippen LogP contribution in [-0.4, -0.2) is 64.0 Å². The van der Waals surface area contributed by atoms with Crippen molar-refractivity contribution in [3.8, 4) is 0 Å². The summed E-state index contributed by atoms with van der Waals surface area (Å²) in [5.41, 5.74) is 2.86. The second-order valence-electron chi connectivity index (χ2n) is 7.06. The molecule has 0 saturated carbocycles. The lowest BCUT2D eigenvalue weighted by molar-refractivity contribution is -0.0605. The van der Waals surface area contributed by atoms with E-state index < -0.39 is 0 Å². The van der Waals surface area contributed by atoms with Crippen LogP contribution in [-0.2, 0) is 17.9 Å².